The minimum Gasteiger partial charge on any atom is -0.489 e. The van der Waals surface area contributed by atoms with Gasteiger partial charge in [-0.3, -0.25) is 4.79 Å². The lowest BCUT2D eigenvalue weighted by Gasteiger charge is -2.32. The smallest absolute Gasteiger partial charge is 0.276 e. The van der Waals surface area contributed by atoms with Gasteiger partial charge in [0.2, 0.25) is 0 Å². The third-order valence-corrected chi connectivity index (χ3v) is 5.12. The molecule has 0 aliphatic carbocycles. The van der Waals surface area contributed by atoms with Crippen LogP contribution in [-0.2, 0) is 0 Å². The maximum Gasteiger partial charge on any atom is 0.276 e. The number of aromatic nitrogens is 2. The first kappa shape index (κ1) is 19.2. The third kappa shape index (κ3) is 4.84. The molecule has 4 rings (SSSR count). The second-order valence-electron chi connectivity index (χ2n) is 6.83. The molecule has 2 aromatic carbocycles. The van der Waals surface area contributed by atoms with Gasteiger partial charge in [-0.25, -0.2) is 0 Å². The summed E-state index contributed by atoms with van der Waals surface area (Å²) in [4.78, 5) is 14.4. The first-order chi connectivity index (χ1) is 14.2. The van der Waals surface area contributed by atoms with E-state index in [2.05, 4.69) is 20.4 Å². The van der Waals surface area contributed by atoms with Crippen molar-refractivity contribution in [1.82, 2.24) is 10.2 Å². The van der Waals surface area contributed by atoms with Crippen LogP contribution in [0.5, 0.6) is 5.75 Å². The summed E-state index contributed by atoms with van der Waals surface area (Å²) in [6.07, 6.45) is 1.85. The van der Waals surface area contributed by atoms with Crippen molar-refractivity contribution in [2.24, 2.45) is 0 Å². The highest BCUT2D eigenvalue weighted by Crippen LogP contribution is 2.27. The Kier molecular flexibility index (Phi) is 5.91. The number of halogens is 1. The molecule has 1 N–H and O–H groups in total. The molecule has 148 valence electrons. The van der Waals surface area contributed by atoms with Crippen LogP contribution >= 0.6 is 11.6 Å². The molecule has 1 fully saturated rings. The number of nitrogens with zero attached hydrogens (tertiary/aromatic N) is 3. The highest BCUT2D eigenvalue weighted by molar-refractivity contribution is 6.32. The number of nitrogens with one attached hydrogen (secondary N) is 1. The molecule has 29 heavy (non-hydrogen) atoms. The molecule has 1 aliphatic rings. The Morgan fingerprint density at radius 2 is 1.69 bits per heavy atom. The zero-order valence-corrected chi connectivity index (χ0v) is 16.5. The van der Waals surface area contributed by atoms with Crippen molar-refractivity contribution in [3.05, 3.63) is 77.4 Å². The van der Waals surface area contributed by atoms with E-state index in [1.807, 2.05) is 60.7 Å². The lowest BCUT2D eigenvalue weighted by Crippen LogP contribution is -2.38. The fraction of sp³-hybridized carbons (Fsp3) is 0.227. The molecule has 0 atom stereocenters. The van der Waals surface area contributed by atoms with Gasteiger partial charge in [-0.1, -0.05) is 41.9 Å². The van der Waals surface area contributed by atoms with Crippen molar-refractivity contribution in [2.75, 3.05) is 23.3 Å². The number of anilines is 2. The molecule has 1 saturated heterocycles. The fourth-order valence-corrected chi connectivity index (χ4v) is 3.43. The molecule has 1 amide bonds. The molecule has 7 heteroatoms. The summed E-state index contributed by atoms with van der Waals surface area (Å²) in [5.41, 5.74) is 1.01. The van der Waals surface area contributed by atoms with Gasteiger partial charge >= 0.3 is 0 Å². The summed E-state index contributed by atoms with van der Waals surface area (Å²) >= 11 is 6.17. The number of carbonyl (C=O) groups is 1. The largest absolute Gasteiger partial charge is 0.489 e. The van der Waals surface area contributed by atoms with Crippen LogP contribution in [0.15, 0.2) is 66.7 Å². The predicted octanol–water partition coefficient (Wildman–Crippen LogP) is 4.43. The van der Waals surface area contributed by atoms with Crippen LogP contribution in [0.4, 0.5) is 11.5 Å². The van der Waals surface area contributed by atoms with E-state index in [9.17, 15) is 4.79 Å². The van der Waals surface area contributed by atoms with E-state index in [4.69, 9.17) is 16.3 Å². The van der Waals surface area contributed by atoms with E-state index in [0.29, 0.717) is 5.02 Å². The minimum atomic E-state index is -0.276. The Morgan fingerprint density at radius 3 is 2.38 bits per heavy atom. The molecule has 1 aromatic heterocycles. The summed E-state index contributed by atoms with van der Waals surface area (Å²) in [7, 11) is 0. The summed E-state index contributed by atoms with van der Waals surface area (Å²) < 4.78 is 6.03. The van der Waals surface area contributed by atoms with Crippen molar-refractivity contribution >= 4 is 29.0 Å². The Hall–Kier alpha value is -3.12. The summed E-state index contributed by atoms with van der Waals surface area (Å²) in [5, 5.41) is 11.8. The van der Waals surface area contributed by atoms with Gasteiger partial charge < -0.3 is 15.0 Å². The number of hydrogen-bond acceptors (Lipinski definition) is 5. The van der Waals surface area contributed by atoms with Gasteiger partial charge in [0.05, 0.1) is 5.02 Å². The lowest BCUT2D eigenvalue weighted by atomic mass is 10.1. The molecule has 3 aromatic rings. The van der Waals surface area contributed by atoms with Gasteiger partial charge in [0, 0.05) is 31.6 Å². The molecule has 6 nitrogen and oxygen atoms in total. The predicted molar refractivity (Wildman–Crippen MR) is 114 cm³/mol. The monoisotopic (exact) mass is 408 g/mol. The van der Waals surface area contributed by atoms with Crippen molar-refractivity contribution in [3.63, 3.8) is 0 Å². The van der Waals surface area contributed by atoms with Crippen molar-refractivity contribution in [1.29, 1.82) is 0 Å². The van der Waals surface area contributed by atoms with E-state index in [0.717, 1.165) is 43.2 Å². The number of para-hydroxylation sites is 2. The van der Waals surface area contributed by atoms with Gasteiger partial charge in [0.1, 0.15) is 11.9 Å². The molecule has 0 radical (unpaired) electrons. The fourth-order valence-electron chi connectivity index (χ4n) is 3.25. The zero-order chi connectivity index (χ0) is 20.1. The van der Waals surface area contributed by atoms with Crippen LogP contribution in [0.25, 0.3) is 0 Å². The maximum absolute atomic E-state index is 12.3. The van der Waals surface area contributed by atoms with Crippen molar-refractivity contribution in [3.8, 4) is 5.75 Å². The second kappa shape index (κ2) is 8.92. The quantitative estimate of drug-likeness (QED) is 0.676. The Labute approximate surface area is 174 Å². The number of rotatable bonds is 5. The minimum absolute atomic E-state index is 0.120. The molecule has 0 bridgehead atoms. The molecular weight excluding hydrogens is 388 g/mol. The Bertz CT molecular complexity index is 958. The number of amides is 1. The van der Waals surface area contributed by atoms with Crippen LogP contribution in [-0.4, -0.2) is 35.3 Å². The second-order valence-corrected chi connectivity index (χ2v) is 7.24. The first-order valence-corrected chi connectivity index (χ1v) is 9.93. The van der Waals surface area contributed by atoms with Gasteiger partial charge in [0.25, 0.3) is 5.91 Å². The highest BCUT2D eigenvalue weighted by Gasteiger charge is 2.22. The number of benzene rings is 2. The zero-order valence-electron chi connectivity index (χ0n) is 15.8. The average molecular weight is 409 g/mol. The van der Waals surface area contributed by atoms with E-state index in [1.54, 1.807) is 6.07 Å². The van der Waals surface area contributed by atoms with Gasteiger partial charge in [-0.05, 0) is 36.4 Å². The van der Waals surface area contributed by atoms with Gasteiger partial charge in [0.15, 0.2) is 11.5 Å². The molecule has 2 heterocycles. The van der Waals surface area contributed by atoms with E-state index in [1.165, 1.54) is 0 Å². The standard InChI is InChI=1S/C22H21ClN4O2/c23-18-8-4-5-9-20(18)29-17-12-14-27(15-13-17)21-11-10-19(25-26-21)22(28)24-16-6-2-1-3-7-16/h1-11,17H,12-15H2,(H,24,28). The van der Waals surface area contributed by atoms with E-state index < -0.39 is 0 Å². The van der Waals surface area contributed by atoms with Crippen LogP contribution in [0, 0.1) is 0 Å². The summed E-state index contributed by atoms with van der Waals surface area (Å²) in [6, 6.07) is 20.3. The first-order valence-electron chi connectivity index (χ1n) is 9.55. The number of carbonyl (C=O) groups excluding carboxylic acids is 1. The van der Waals surface area contributed by atoms with Crippen LogP contribution in [0.3, 0.4) is 0 Å². The molecule has 0 saturated carbocycles. The van der Waals surface area contributed by atoms with E-state index >= 15 is 0 Å². The molecule has 0 unspecified atom stereocenters. The van der Waals surface area contributed by atoms with Crippen molar-refractivity contribution < 1.29 is 9.53 Å². The van der Waals surface area contributed by atoms with Crippen LogP contribution < -0.4 is 15.0 Å². The number of hydrogen-bond donors (Lipinski definition) is 1. The Morgan fingerprint density at radius 1 is 0.966 bits per heavy atom. The summed E-state index contributed by atoms with van der Waals surface area (Å²) in [6.45, 7) is 1.61. The highest BCUT2D eigenvalue weighted by atomic mass is 35.5. The third-order valence-electron chi connectivity index (χ3n) is 4.81. The SMILES string of the molecule is O=C(Nc1ccccc1)c1ccc(N2CCC(Oc3ccccc3Cl)CC2)nn1. The van der Waals surface area contributed by atoms with Gasteiger partial charge in [-0.2, -0.15) is 0 Å². The van der Waals surface area contributed by atoms with Crippen LogP contribution in [0.2, 0.25) is 5.02 Å². The lowest BCUT2D eigenvalue weighted by molar-refractivity contribution is 0.102. The Balaban J connectivity index is 1.32. The van der Waals surface area contributed by atoms with Crippen molar-refractivity contribution in [2.45, 2.75) is 18.9 Å². The number of ether oxygens (including phenoxy) is 1. The maximum atomic E-state index is 12.3. The van der Waals surface area contributed by atoms with Crippen LogP contribution in [0.1, 0.15) is 23.3 Å². The average Bonchev–Trinajstić information content (AvgIpc) is 2.77. The van der Waals surface area contributed by atoms with Gasteiger partial charge in [-0.15, -0.1) is 10.2 Å². The number of piperidine rings is 1. The van der Waals surface area contributed by atoms with E-state index in [-0.39, 0.29) is 17.7 Å². The normalized spacial score (nSPS) is 14.4. The summed E-state index contributed by atoms with van der Waals surface area (Å²) in [5.74, 6) is 1.21. The molecule has 0 spiro atoms. The topological polar surface area (TPSA) is 67.4 Å². The molecule has 1 aliphatic heterocycles. The molecular formula is C22H21ClN4O2.